The quantitative estimate of drug-likeness (QED) is 0.640. The Balaban J connectivity index is 2.66. The van der Waals surface area contributed by atoms with E-state index in [1.54, 1.807) is 0 Å². The Morgan fingerprint density at radius 3 is 2.33 bits per heavy atom. The highest BCUT2D eigenvalue weighted by Crippen LogP contribution is 2.36. The summed E-state index contributed by atoms with van der Waals surface area (Å²) >= 11 is 0. The van der Waals surface area contributed by atoms with Crippen LogP contribution in [0.3, 0.4) is 0 Å². The number of benzene rings is 1. The van der Waals surface area contributed by atoms with E-state index in [1.807, 2.05) is 0 Å². The van der Waals surface area contributed by atoms with E-state index in [1.165, 1.54) is 18.4 Å². The second kappa shape index (κ2) is 4.88. The Labute approximate surface area is 115 Å². The van der Waals surface area contributed by atoms with Gasteiger partial charge >= 0.3 is 5.51 Å². The number of alkyl halides is 3. The maximum absolute atomic E-state index is 12.4. The summed E-state index contributed by atoms with van der Waals surface area (Å²) in [7, 11) is -5.65. The zero-order valence-electron chi connectivity index (χ0n) is 9.99. The monoisotopic (exact) mass is 321 g/mol. The van der Waals surface area contributed by atoms with E-state index in [2.05, 4.69) is 0 Å². The van der Waals surface area contributed by atoms with E-state index in [4.69, 9.17) is 4.42 Å². The third-order valence-corrected chi connectivity index (χ3v) is 4.05. The number of nitro benzene ring substituents is 1. The number of sulfone groups is 1. The number of hydrogen-bond donors (Lipinski definition) is 0. The van der Waals surface area contributed by atoms with E-state index in [0.29, 0.717) is 12.1 Å². The van der Waals surface area contributed by atoms with Crippen LogP contribution in [0.1, 0.15) is 0 Å². The van der Waals surface area contributed by atoms with Crippen molar-refractivity contribution in [3.8, 4) is 11.3 Å². The average molecular weight is 321 g/mol. The molecule has 0 radical (unpaired) electrons. The first-order valence-electron chi connectivity index (χ1n) is 5.28. The Bertz CT molecular complexity index is 781. The number of rotatable bonds is 3. The molecule has 0 aliphatic carbocycles. The minimum absolute atomic E-state index is 0.0395. The van der Waals surface area contributed by atoms with E-state index in [-0.39, 0.29) is 11.3 Å². The second-order valence-electron chi connectivity index (χ2n) is 3.86. The molecule has 0 N–H and O–H groups in total. The summed E-state index contributed by atoms with van der Waals surface area (Å²) in [5, 5.41) is 10.9. The van der Waals surface area contributed by atoms with Gasteiger partial charge in [-0.15, -0.1) is 0 Å². The lowest BCUT2D eigenvalue weighted by Gasteiger charge is -2.08. The largest absolute Gasteiger partial charge is 0.501 e. The molecule has 0 aliphatic rings. The van der Waals surface area contributed by atoms with Crippen molar-refractivity contribution in [3.05, 3.63) is 46.7 Å². The first-order valence-corrected chi connectivity index (χ1v) is 6.76. The third-order valence-electron chi connectivity index (χ3n) is 2.57. The van der Waals surface area contributed by atoms with Crippen molar-refractivity contribution in [1.29, 1.82) is 0 Å². The number of halogens is 3. The highest BCUT2D eigenvalue weighted by molar-refractivity contribution is 7.92. The normalized spacial score (nSPS) is 12.3. The van der Waals surface area contributed by atoms with Gasteiger partial charge in [0.15, 0.2) is 0 Å². The average Bonchev–Trinajstić information content (AvgIpc) is 2.90. The van der Waals surface area contributed by atoms with Gasteiger partial charge in [0.25, 0.3) is 15.5 Å². The van der Waals surface area contributed by atoms with Crippen LogP contribution in [0.15, 0.2) is 45.9 Å². The second-order valence-corrected chi connectivity index (χ2v) is 5.80. The predicted molar refractivity (Wildman–Crippen MR) is 64.0 cm³/mol. The Kier molecular flexibility index (Phi) is 3.49. The first-order chi connectivity index (χ1) is 9.64. The van der Waals surface area contributed by atoms with Gasteiger partial charge in [-0.3, -0.25) is 10.1 Å². The maximum Gasteiger partial charge on any atom is 0.501 e. The molecule has 21 heavy (non-hydrogen) atoms. The van der Waals surface area contributed by atoms with Crippen LogP contribution in [0.2, 0.25) is 0 Å². The fraction of sp³-hybridized carbons (Fsp3) is 0.0909. The molecule has 1 aromatic carbocycles. The molecule has 0 amide bonds. The van der Waals surface area contributed by atoms with Gasteiger partial charge in [-0.2, -0.15) is 13.2 Å². The molecule has 6 nitrogen and oxygen atoms in total. The zero-order chi connectivity index (χ0) is 15.8. The lowest BCUT2D eigenvalue weighted by molar-refractivity contribution is -0.384. The summed E-state index contributed by atoms with van der Waals surface area (Å²) < 4.78 is 64.8. The van der Waals surface area contributed by atoms with Crippen molar-refractivity contribution in [1.82, 2.24) is 0 Å². The van der Waals surface area contributed by atoms with Crippen LogP contribution in [-0.2, 0) is 9.84 Å². The molecule has 0 saturated heterocycles. The summed E-state index contributed by atoms with van der Waals surface area (Å²) in [4.78, 5) is 8.76. The van der Waals surface area contributed by atoms with E-state index >= 15 is 0 Å². The minimum Gasteiger partial charge on any atom is -0.464 e. The van der Waals surface area contributed by atoms with E-state index in [9.17, 15) is 31.7 Å². The van der Waals surface area contributed by atoms with Gasteiger partial charge in [-0.25, -0.2) is 8.42 Å². The molecular weight excluding hydrogens is 315 g/mol. The SMILES string of the molecule is O=[N+]([O-])c1cc(S(=O)(=O)C(F)(F)F)ccc1-c1ccco1. The molecule has 0 aliphatic heterocycles. The molecule has 0 bridgehead atoms. The molecule has 10 heteroatoms. The van der Waals surface area contributed by atoms with Crippen molar-refractivity contribution in [3.63, 3.8) is 0 Å². The van der Waals surface area contributed by atoms with Gasteiger partial charge in [0.1, 0.15) is 5.76 Å². The van der Waals surface area contributed by atoms with Crippen LogP contribution in [0.4, 0.5) is 18.9 Å². The van der Waals surface area contributed by atoms with Crippen LogP contribution in [0, 0.1) is 10.1 Å². The lowest BCUT2D eigenvalue weighted by Crippen LogP contribution is -2.23. The Hall–Kier alpha value is -2.36. The van der Waals surface area contributed by atoms with Crippen molar-refractivity contribution < 1.29 is 30.9 Å². The summed E-state index contributed by atoms with van der Waals surface area (Å²) in [6.07, 6.45) is 1.22. The van der Waals surface area contributed by atoms with Gasteiger partial charge < -0.3 is 4.42 Å². The van der Waals surface area contributed by atoms with Crippen LogP contribution in [-0.4, -0.2) is 18.8 Å². The highest BCUT2D eigenvalue weighted by atomic mass is 32.2. The third kappa shape index (κ3) is 2.61. The Morgan fingerprint density at radius 2 is 1.86 bits per heavy atom. The fourth-order valence-electron chi connectivity index (χ4n) is 1.60. The van der Waals surface area contributed by atoms with Crippen LogP contribution in [0.25, 0.3) is 11.3 Å². The fourth-order valence-corrected chi connectivity index (χ4v) is 2.38. The Morgan fingerprint density at radius 1 is 1.19 bits per heavy atom. The molecule has 1 heterocycles. The maximum atomic E-state index is 12.4. The molecule has 0 atom stereocenters. The van der Waals surface area contributed by atoms with Gasteiger partial charge in [-0.05, 0) is 24.3 Å². The first kappa shape index (κ1) is 15.0. The van der Waals surface area contributed by atoms with Crippen molar-refractivity contribution in [2.45, 2.75) is 10.4 Å². The van der Waals surface area contributed by atoms with E-state index < -0.39 is 30.9 Å². The van der Waals surface area contributed by atoms with Crippen LogP contribution in [0.5, 0.6) is 0 Å². The van der Waals surface area contributed by atoms with Gasteiger partial charge in [0.2, 0.25) is 0 Å². The number of furan rings is 1. The van der Waals surface area contributed by atoms with Gasteiger partial charge in [0, 0.05) is 6.07 Å². The van der Waals surface area contributed by atoms with Gasteiger partial charge in [-0.1, -0.05) is 0 Å². The summed E-state index contributed by atoms with van der Waals surface area (Å²) in [5.74, 6) is 0.0395. The molecule has 0 unspecified atom stereocenters. The van der Waals surface area contributed by atoms with Crippen molar-refractivity contribution in [2.75, 3.05) is 0 Å². The van der Waals surface area contributed by atoms with Crippen LogP contribution < -0.4 is 0 Å². The smallest absolute Gasteiger partial charge is 0.464 e. The topological polar surface area (TPSA) is 90.4 Å². The van der Waals surface area contributed by atoms with Crippen LogP contribution >= 0.6 is 0 Å². The number of hydrogen-bond acceptors (Lipinski definition) is 5. The molecule has 2 aromatic rings. The highest BCUT2D eigenvalue weighted by Gasteiger charge is 2.47. The standard InChI is InChI=1S/C11H6F3NO5S/c12-11(13,14)21(18,19)7-3-4-8(9(6-7)15(16)17)10-2-1-5-20-10/h1-6H. The lowest BCUT2D eigenvalue weighted by atomic mass is 10.1. The van der Waals surface area contributed by atoms with Crippen molar-refractivity contribution >= 4 is 15.5 Å². The van der Waals surface area contributed by atoms with Gasteiger partial charge in [0.05, 0.1) is 21.6 Å². The molecule has 112 valence electrons. The predicted octanol–water partition coefficient (Wildman–Crippen LogP) is 3.15. The number of nitro groups is 1. The van der Waals surface area contributed by atoms with Crippen molar-refractivity contribution in [2.24, 2.45) is 0 Å². The summed E-state index contributed by atoms with van der Waals surface area (Å²) in [5.41, 5.74) is -6.45. The molecule has 0 fully saturated rings. The zero-order valence-corrected chi connectivity index (χ0v) is 10.8. The molecule has 0 saturated carbocycles. The molecule has 2 rings (SSSR count). The molecular formula is C11H6F3NO5S. The minimum atomic E-state index is -5.65. The molecule has 1 aromatic heterocycles. The summed E-state index contributed by atoms with van der Waals surface area (Å²) in [6, 6.07) is 4.70. The molecule has 0 spiro atoms. The summed E-state index contributed by atoms with van der Waals surface area (Å²) in [6.45, 7) is 0. The number of nitrogens with zero attached hydrogens (tertiary/aromatic N) is 1. The van der Waals surface area contributed by atoms with E-state index in [0.717, 1.165) is 6.07 Å².